The topological polar surface area (TPSA) is 81.4 Å². The molecule has 0 spiro atoms. The summed E-state index contributed by atoms with van der Waals surface area (Å²) >= 11 is 0. The maximum Gasteiger partial charge on any atom is 0.240 e. The summed E-state index contributed by atoms with van der Waals surface area (Å²) in [6.07, 6.45) is 1.18. The van der Waals surface area contributed by atoms with Crippen LogP contribution in [0.15, 0.2) is 29.2 Å². The molecule has 1 fully saturated rings. The molecule has 2 rings (SSSR count). The lowest BCUT2D eigenvalue weighted by Crippen LogP contribution is -2.31. The Balaban J connectivity index is 2.16. The van der Waals surface area contributed by atoms with Crippen LogP contribution in [0.2, 0.25) is 0 Å². The lowest BCUT2D eigenvalue weighted by Gasteiger charge is -2.20. The van der Waals surface area contributed by atoms with Gasteiger partial charge in [-0.3, -0.25) is 0 Å². The van der Waals surface area contributed by atoms with Gasteiger partial charge in [0.25, 0.3) is 0 Å². The van der Waals surface area contributed by atoms with Crippen LogP contribution in [0.5, 0.6) is 0 Å². The van der Waals surface area contributed by atoms with E-state index in [1.165, 1.54) is 19.2 Å². The average molecular weight is 302 g/mol. The fourth-order valence-electron chi connectivity index (χ4n) is 1.96. The number of halogens is 1. The molecular formula is C13H19FN2O3S. The van der Waals surface area contributed by atoms with Gasteiger partial charge in [-0.25, -0.2) is 17.5 Å². The molecule has 0 unspecified atom stereocenters. The van der Waals surface area contributed by atoms with Crippen LogP contribution >= 0.6 is 0 Å². The van der Waals surface area contributed by atoms with Gasteiger partial charge in [-0.2, -0.15) is 0 Å². The maximum atomic E-state index is 12.6. The average Bonchev–Trinajstić information content (AvgIpc) is 3.23. The lowest BCUT2D eigenvalue weighted by molar-refractivity contribution is 0.0720. The lowest BCUT2D eigenvalue weighted by atomic mass is 10.0. The third-order valence-electron chi connectivity index (χ3n) is 3.24. The highest BCUT2D eigenvalue weighted by Crippen LogP contribution is 2.24. The molecular weight excluding hydrogens is 283 g/mol. The molecule has 3 N–H and O–H groups in total. The van der Waals surface area contributed by atoms with Crippen LogP contribution in [0.3, 0.4) is 0 Å². The summed E-state index contributed by atoms with van der Waals surface area (Å²) in [5.41, 5.74) is 6.28. The van der Waals surface area contributed by atoms with E-state index in [1.807, 2.05) is 0 Å². The summed E-state index contributed by atoms with van der Waals surface area (Å²) in [6.45, 7) is -0.707. The minimum atomic E-state index is -3.47. The van der Waals surface area contributed by atoms with E-state index in [4.69, 9.17) is 10.5 Å². The molecule has 1 aromatic rings. The van der Waals surface area contributed by atoms with Crippen LogP contribution in [-0.2, 0) is 14.8 Å². The van der Waals surface area contributed by atoms with Gasteiger partial charge in [0.05, 0.1) is 17.0 Å². The van der Waals surface area contributed by atoms with E-state index < -0.39 is 28.8 Å². The maximum absolute atomic E-state index is 12.6. The van der Waals surface area contributed by atoms with E-state index in [0.717, 1.165) is 12.8 Å². The van der Waals surface area contributed by atoms with Gasteiger partial charge in [-0.15, -0.1) is 0 Å². The molecule has 1 aliphatic carbocycles. The number of sulfonamides is 1. The highest BCUT2D eigenvalue weighted by molar-refractivity contribution is 7.89. The van der Waals surface area contributed by atoms with Gasteiger partial charge in [0.15, 0.2) is 0 Å². The molecule has 0 amide bonds. The summed E-state index contributed by atoms with van der Waals surface area (Å²) in [6, 6.07) is 5.46. The Morgan fingerprint density at radius 2 is 2.00 bits per heavy atom. The number of nitrogens with one attached hydrogen (secondary N) is 1. The van der Waals surface area contributed by atoms with Crippen molar-refractivity contribution in [1.29, 1.82) is 0 Å². The first-order chi connectivity index (χ1) is 9.47. The third-order valence-corrected chi connectivity index (χ3v) is 4.78. The Hall–Kier alpha value is -1.02. The Labute approximate surface area is 118 Å². The molecule has 0 bridgehead atoms. The predicted molar refractivity (Wildman–Crippen MR) is 73.5 cm³/mol. The van der Waals surface area contributed by atoms with Crippen LogP contribution in [-0.4, -0.2) is 34.3 Å². The highest BCUT2D eigenvalue weighted by atomic mass is 32.2. The van der Waals surface area contributed by atoms with Crippen LogP contribution in [0, 0.1) is 0 Å². The van der Waals surface area contributed by atoms with Crippen molar-refractivity contribution in [3.8, 4) is 0 Å². The van der Waals surface area contributed by atoms with Gasteiger partial charge < -0.3 is 10.5 Å². The van der Waals surface area contributed by atoms with Gasteiger partial charge in [-0.1, -0.05) is 12.1 Å². The zero-order valence-corrected chi connectivity index (χ0v) is 12.1. The van der Waals surface area contributed by atoms with Gasteiger partial charge in [-0.05, 0) is 30.5 Å². The molecule has 1 aliphatic rings. The summed E-state index contributed by atoms with van der Waals surface area (Å²) in [5.74, 6) is 0. The molecule has 0 aliphatic heterocycles. The quantitative estimate of drug-likeness (QED) is 0.790. The normalized spacial score (nSPS) is 18.8. The third kappa shape index (κ3) is 3.54. The van der Waals surface area contributed by atoms with Gasteiger partial charge in [0.1, 0.15) is 6.67 Å². The summed E-state index contributed by atoms with van der Waals surface area (Å²) in [4.78, 5) is 0.192. The van der Waals surface area contributed by atoms with Crippen LogP contribution in [0.1, 0.15) is 24.5 Å². The summed E-state index contributed by atoms with van der Waals surface area (Å²) in [7, 11) is -2.02. The summed E-state index contributed by atoms with van der Waals surface area (Å²) < 4.78 is 44.4. The van der Waals surface area contributed by atoms with Gasteiger partial charge >= 0.3 is 0 Å². The second-order valence-corrected chi connectivity index (χ2v) is 6.65. The molecule has 0 heterocycles. The van der Waals surface area contributed by atoms with Crippen molar-refractivity contribution in [3.63, 3.8) is 0 Å². The van der Waals surface area contributed by atoms with Crippen molar-refractivity contribution in [1.82, 2.24) is 4.72 Å². The first-order valence-electron chi connectivity index (χ1n) is 6.44. The molecule has 1 saturated carbocycles. The van der Waals surface area contributed by atoms with E-state index >= 15 is 0 Å². The Bertz CT molecular complexity index is 543. The van der Waals surface area contributed by atoms with Crippen molar-refractivity contribution in [3.05, 3.63) is 29.8 Å². The van der Waals surface area contributed by atoms with Crippen LogP contribution < -0.4 is 10.5 Å². The number of hydrogen-bond acceptors (Lipinski definition) is 4. The number of hydrogen-bond donors (Lipinski definition) is 2. The molecule has 2 atom stereocenters. The molecule has 20 heavy (non-hydrogen) atoms. The van der Waals surface area contributed by atoms with E-state index in [9.17, 15) is 12.8 Å². The number of ether oxygens (including phenoxy) is 1. The largest absolute Gasteiger partial charge is 0.375 e. The number of methoxy groups -OCH3 is 1. The smallest absolute Gasteiger partial charge is 0.240 e. The molecule has 5 nitrogen and oxygen atoms in total. The zero-order valence-electron chi connectivity index (χ0n) is 11.3. The van der Waals surface area contributed by atoms with Crippen LogP contribution in [0.25, 0.3) is 0 Å². The Morgan fingerprint density at radius 3 is 2.45 bits per heavy atom. The van der Waals surface area contributed by atoms with Crippen LogP contribution in [0.4, 0.5) is 4.39 Å². The predicted octanol–water partition coefficient (Wildman–Crippen LogP) is 1.11. The fraction of sp³-hybridized carbons (Fsp3) is 0.538. The van der Waals surface area contributed by atoms with E-state index in [-0.39, 0.29) is 10.9 Å². The van der Waals surface area contributed by atoms with Crippen molar-refractivity contribution < 1.29 is 17.5 Å². The van der Waals surface area contributed by atoms with E-state index in [2.05, 4.69) is 4.72 Å². The SMILES string of the molecule is CO[C@H](c1ccc(S(=O)(=O)NC2CC2)cc1)[C@H](N)CF. The van der Waals surface area contributed by atoms with Gasteiger partial charge in [0.2, 0.25) is 10.0 Å². The second-order valence-electron chi connectivity index (χ2n) is 4.94. The number of alkyl halides is 1. The van der Waals surface area contributed by atoms with Crippen molar-refractivity contribution in [2.45, 2.75) is 35.9 Å². The molecule has 0 saturated heterocycles. The van der Waals surface area contributed by atoms with Crippen molar-refractivity contribution in [2.24, 2.45) is 5.73 Å². The van der Waals surface area contributed by atoms with Crippen molar-refractivity contribution in [2.75, 3.05) is 13.8 Å². The highest BCUT2D eigenvalue weighted by Gasteiger charge is 2.28. The number of rotatable bonds is 7. The second kappa shape index (κ2) is 6.17. The van der Waals surface area contributed by atoms with E-state index in [1.54, 1.807) is 12.1 Å². The molecule has 0 radical (unpaired) electrons. The van der Waals surface area contributed by atoms with E-state index in [0.29, 0.717) is 5.56 Å². The molecule has 112 valence electrons. The summed E-state index contributed by atoms with van der Waals surface area (Å²) in [5, 5.41) is 0. The molecule has 0 aromatic heterocycles. The fourth-order valence-corrected chi connectivity index (χ4v) is 3.27. The Kier molecular flexibility index (Phi) is 4.74. The zero-order chi connectivity index (χ0) is 14.8. The standard InChI is InChI=1S/C13H19FN2O3S/c1-19-13(12(15)8-14)9-2-6-11(7-3-9)20(17,18)16-10-4-5-10/h2-3,6-7,10,12-13,16H,4-5,8,15H2,1H3/t12-,13-/m1/s1. The van der Waals surface area contributed by atoms with Crippen molar-refractivity contribution >= 4 is 10.0 Å². The Morgan fingerprint density at radius 1 is 1.40 bits per heavy atom. The number of benzene rings is 1. The monoisotopic (exact) mass is 302 g/mol. The minimum Gasteiger partial charge on any atom is -0.375 e. The minimum absolute atomic E-state index is 0.0614. The van der Waals surface area contributed by atoms with Gasteiger partial charge in [0, 0.05) is 13.2 Å². The first kappa shape index (κ1) is 15.4. The number of nitrogens with two attached hydrogens (primary N) is 1. The first-order valence-corrected chi connectivity index (χ1v) is 7.93. The molecule has 7 heteroatoms. The molecule has 1 aromatic carbocycles.